The van der Waals surface area contributed by atoms with Gasteiger partial charge in [0.2, 0.25) is 5.91 Å². The molecule has 1 atom stereocenters. The van der Waals surface area contributed by atoms with Gasteiger partial charge in [-0.15, -0.1) is 0 Å². The van der Waals surface area contributed by atoms with Gasteiger partial charge in [-0.05, 0) is 52.3 Å². The number of hydrogen-bond donors (Lipinski definition) is 1. The molecule has 4 heteroatoms. The van der Waals surface area contributed by atoms with Crippen LogP contribution in [-0.2, 0) is 4.79 Å². The molecule has 1 aliphatic heterocycles. The van der Waals surface area contributed by atoms with E-state index in [4.69, 9.17) is 0 Å². The van der Waals surface area contributed by atoms with Crippen LogP contribution in [0.2, 0.25) is 0 Å². The molecule has 1 saturated heterocycles. The van der Waals surface area contributed by atoms with Gasteiger partial charge in [0.15, 0.2) is 0 Å². The molecule has 0 saturated carbocycles. The maximum absolute atomic E-state index is 12.6. The molecule has 0 radical (unpaired) electrons. The molecule has 1 unspecified atom stereocenters. The van der Waals surface area contributed by atoms with E-state index < -0.39 is 0 Å². The van der Waals surface area contributed by atoms with E-state index in [2.05, 4.69) is 24.1 Å². The highest BCUT2D eigenvalue weighted by Crippen LogP contribution is 2.31. The van der Waals surface area contributed by atoms with Gasteiger partial charge in [-0.1, -0.05) is 6.07 Å². The fourth-order valence-electron chi connectivity index (χ4n) is 2.61. The fraction of sp³-hybridized carbons (Fsp3) is 0.571. The number of rotatable bonds is 2. The molecule has 0 aliphatic carbocycles. The lowest BCUT2D eigenvalue weighted by molar-refractivity contribution is -0.121. The van der Waals surface area contributed by atoms with Crippen molar-refractivity contribution in [2.24, 2.45) is 0 Å². The number of amides is 1. The number of aromatic nitrogens is 1. The molecule has 2 heterocycles. The number of nitrogens with one attached hydrogen (secondary N) is 1. The number of carbonyl (C=O) groups excluding carboxylic acids is 1. The van der Waals surface area contributed by atoms with E-state index in [0.29, 0.717) is 0 Å². The summed E-state index contributed by atoms with van der Waals surface area (Å²) < 4.78 is 0. The average molecular weight is 247 g/mol. The summed E-state index contributed by atoms with van der Waals surface area (Å²) in [6.07, 6.45) is 4.67. The van der Waals surface area contributed by atoms with E-state index in [1.165, 1.54) is 0 Å². The molecule has 0 spiro atoms. The molecule has 4 nitrogen and oxygen atoms in total. The summed E-state index contributed by atoms with van der Waals surface area (Å²) in [6, 6.07) is 5.59. The predicted octanol–water partition coefficient (Wildman–Crippen LogP) is 1.97. The molecule has 1 fully saturated rings. The molecular formula is C14H21N3O. The van der Waals surface area contributed by atoms with Gasteiger partial charge in [0, 0.05) is 11.7 Å². The first-order chi connectivity index (χ1) is 8.56. The zero-order chi connectivity index (χ0) is 13.2. The number of nitrogens with zero attached hydrogens (tertiary/aromatic N) is 2. The first-order valence-corrected chi connectivity index (χ1v) is 6.48. The van der Waals surface area contributed by atoms with Crippen LogP contribution in [0.3, 0.4) is 0 Å². The normalized spacial score (nSPS) is 23.8. The Hall–Kier alpha value is -1.42. The Bertz CT molecular complexity index is 416. The Balaban J connectivity index is 2.40. The molecule has 1 amide bonds. The summed E-state index contributed by atoms with van der Waals surface area (Å²) in [5, 5.41) is 3.11. The van der Waals surface area contributed by atoms with Crippen molar-refractivity contribution in [1.29, 1.82) is 0 Å². The highest BCUT2D eigenvalue weighted by molar-refractivity contribution is 5.97. The Morgan fingerprint density at radius 3 is 2.83 bits per heavy atom. The molecule has 98 valence electrons. The zero-order valence-electron chi connectivity index (χ0n) is 11.3. The van der Waals surface area contributed by atoms with Gasteiger partial charge < -0.3 is 5.32 Å². The van der Waals surface area contributed by atoms with E-state index in [0.717, 1.165) is 25.1 Å². The minimum Gasteiger partial charge on any atom is -0.309 e. The van der Waals surface area contributed by atoms with Gasteiger partial charge in [-0.25, -0.2) is 4.98 Å². The summed E-state index contributed by atoms with van der Waals surface area (Å²) in [5.74, 6) is 0.869. The van der Waals surface area contributed by atoms with Crippen molar-refractivity contribution in [3.8, 4) is 0 Å². The summed E-state index contributed by atoms with van der Waals surface area (Å²) in [6.45, 7) is 4.22. The van der Waals surface area contributed by atoms with Gasteiger partial charge in [0.1, 0.15) is 5.82 Å². The zero-order valence-corrected chi connectivity index (χ0v) is 11.3. The van der Waals surface area contributed by atoms with Gasteiger partial charge in [-0.2, -0.15) is 0 Å². The molecule has 1 aromatic rings. The molecular weight excluding hydrogens is 226 g/mol. The van der Waals surface area contributed by atoms with Crippen molar-refractivity contribution in [3.63, 3.8) is 0 Å². The third kappa shape index (κ3) is 2.38. The SMILES string of the molecule is CNC1CCCC(C)(C)N(c2ccccn2)C1=O. The largest absolute Gasteiger partial charge is 0.309 e. The monoisotopic (exact) mass is 247 g/mol. The van der Waals surface area contributed by atoms with Crippen molar-refractivity contribution in [1.82, 2.24) is 10.3 Å². The number of hydrogen-bond acceptors (Lipinski definition) is 3. The second-order valence-corrected chi connectivity index (χ2v) is 5.41. The Labute approximate surface area is 108 Å². The fourth-order valence-corrected chi connectivity index (χ4v) is 2.61. The standard InChI is InChI=1S/C14H21N3O/c1-14(2)9-6-7-11(15-3)13(18)17(14)12-8-4-5-10-16-12/h4-5,8,10-11,15H,6-7,9H2,1-3H3. The van der Waals surface area contributed by atoms with Crippen LogP contribution >= 0.6 is 0 Å². The summed E-state index contributed by atoms with van der Waals surface area (Å²) in [7, 11) is 1.84. The van der Waals surface area contributed by atoms with E-state index in [1.54, 1.807) is 6.20 Å². The van der Waals surface area contributed by atoms with E-state index in [1.807, 2.05) is 30.1 Å². The van der Waals surface area contributed by atoms with E-state index in [-0.39, 0.29) is 17.5 Å². The second kappa shape index (κ2) is 5.06. The number of anilines is 1. The van der Waals surface area contributed by atoms with Crippen LogP contribution in [0.4, 0.5) is 5.82 Å². The highest BCUT2D eigenvalue weighted by Gasteiger charge is 2.38. The van der Waals surface area contributed by atoms with Crippen molar-refractivity contribution < 1.29 is 4.79 Å². The van der Waals surface area contributed by atoms with Crippen LogP contribution in [0.15, 0.2) is 24.4 Å². The van der Waals surface area contributed by atoms with Crippen molar-refractivity contribution >= 4 is 11.7 Å². The Morgan fingerprint density at radius 1 is 1.44 bits per heavy atom. The smallest absolute Gasteiger partial charge is 0.245 e. The third-order valence-corrected chi connectivity index (χ3v) is 3.63. The molecule has 18 heavy (non-hydrogen) atoms. The first-order valence-electron chi connectivity index (χ1n) is 6.48. The van der Waals surface area contributed by atoms with Crippen LogP contribution in [-0.4, -0.2) is 29.5 Å². The van der Waals surface area contributed by atoms with Crippen molar-refractivity contribution in [3.05, 3.63) is 24.4 Å². The van der Waals surface area contributed by atoms with E-state index >= 15 is 0 Å². The molecule has 1 aromatic heterocycles. The van der Waals surface area contributed by atoms with Gasteiger partial charge in [0.25, 0.3) is 0 Å². The van der Waals surface area contributed by atoms with Crippen LogP contribution in [0.25, 0.3) is 0 Å². The summed E-state index contributed by atoms with van der Waals surface area (Å²) >= 11 is 0. The lowest BCUT2D eigenvalue weighted by atomic mass is 9.97. The summed E-state index contributed by atoms with van der Waals surface area (Å²) in [5.41, 5.74) is -0.183. The number of carbonyl (C=O) groups is 1. The number of likely N-dealkylation sites (N-methyl/N-ethyl adjacent to an activating group) is 1. The second-order valence-electron chi connectivity index (χ2n) is 5.41. The first kappa shape index (κ1) is 13.0. The number of pyridine rings is 1. The third-order valence-electron chi connectivity index (χ3n) is 3.63. The highest BCUT2D eigenvalue weighted by atomic mass is 16.2. The van der Waals surface area contributed by atoms with Crippen molar-refractivity contribution in [2.75, 3.05) is 11.9 Å². The topological polar surface area (TPSA) is 45.2 Å². The van der Waals surface area contributed by atoms with Crippen LogP contribution in [0.1, 0.15) is 33.1 Å². The average Bonchev–Trinajstić information content (AvgIpc) is 2.46. The van der Waals surface area contributed by atoms with Gasteiger partial charge >= 0.3 is 0 Å². The minimum atomic E-state index is -0.183. The summed E-state index contributed by atoms with van der Waals surface area (Å²) in [4.78, 5) is 18.8. The molecule has 1 N–H and O–H groups in total. The quantitative estimate of drug-likeness (QED) is 0.869. The molecule has 2 rings (SSSR count). The van der Waals surface area contributed by atoms with Crippen molar-refractivity contribution in [2.45, 2.75) is 44.7 Å². The Kier molecular flexibility index (Phi) is 3.66. The lowest BCUT2D eigenvalue weighted by Gasteiger charge is -2.37. The predicted molar refractivity (Wildman–Crippen MR) is 72.5 cm³/mol. The van der Waals surface area contributed by atoms with Crippen LogP contribution in [0.5, 0.6) is 0 Å². The maximum Gasteiger partial charge on any atom is 0.245 e. The van der Waals surface area contributed by atoms with Crippen LogP contribution in [0, 0.1) is 0 Å². The van der Waals surface area contributed by atoms with Crippen LogP contribution < -0.4 is 10.2 Å². The Morgan fingerprint density at radius 2 is 2.22 bits per heavy atom. The van der Waals surface area contributed by atoms with E-state index in [9.17, 15) is 4.79 Å². The lowest BCUT2D eigenvalue weighted by Crippen LogP contribution is -2.52. The molecule has 0 bridgehead atoms. The minimum absolute atomic E-state index is 0.103. The van der Waals surface area contributed by atoms with Gasteiger partial charge in [0.05, 0.1) is 6.04 Å². The molecule has 0 aromatic carbocycles. The molecule has 1 aliphatic rings. The van der Waals surface area contributed by atoms with Gasteiger partial charge in [-0.3, -0.25) is 9.69 Å². The maximum atomic E-state index is 12.6.